The van der Waals surface area contributed by atoms with Gasteiger partial charge < -0.3 is 10.6 Å². The number of benzene rings is 1. The smallest absolute Gasteiger partial charge is 0.225 e. The molecule has 0 spiro atoms. The van der Waals surface area contributed by atoms with Crippen LogP contribution >= 0.6 is 23.2 Å². The Balaban J connectivity index is 2.69. The van der Waals surface area contributed by atoms with E-state index >= 15 is 0 Å². The van der Waals surface area contributed by atoms with E-state index in [1.165, 1.54) is 0 Å². The first kappa shape index (κ1) is 15.3. The van der Waals surface area contributed by atoms with Crippen molar-refractivity contribution in [3.8, 4) is 0 Å². The monoisotopic (exact) mass is 288 g/mol. The highest BCUT2D eigenvalue weighted by molar-refractivity contribution is 6.34. The summed E-state index contributed by atoms with van der Waals surface area (Å²) in [6, 6.07) is 5.29. The van der Waals surface area contributed by atoms with Gasteiger partial charge >= 0.3 is 0 Å². The first-order chi connectivity index (χ1) is 8.43. The molecule has 0 bridgehead atoms. The van der Waals surface area contributed by atoms with Crippen LogP contribution in [0.5, 0.6) is 0 Å². The molecule has 1 aromatic rings. The highest BCUT2D eigenvalue weighted by Crippen LogP contribution is 2.20. The highest BCUT2D eigenvalue weighted by atomic mass is 35.5. The van der Waals surface area contributed by atoms with Gasteiger partial charge in [-0.15, -0.1) is 0 Å². The molecule has 0 aliphatic carbocycles. The van der Waals surface area contributed by atoms with Gasteiger partial charge in [-0.3, -0.25) is 4.79 Å². The molecule has 0 radical (unpaired) electrons. The van der Waals surface area contributed by atoms with Crippen LogP contribution in [-0.2, 0) is 11.3 Å². The number of hydrogen-bond donors (Lipinski definition) is 1. The second-order valence-corrected chi connectivity index (χ2v) is 5.32. The van der Waals surface area contributed by atoms with Crippen molar-refractivity contribution >= 4 is 29.1 Å². The van der Waals surface area contributed by atoms with Gasteiger partial charge in [0.2, 0.25) is 5.91 Å². The van der Waals surface area contributed by atoms with Gasteiger partial charge in [0, 0.05) is 29.6 Å². The Bertz CT molecular complexity index is 403. The van der Waals surface area contributed by atoms with E-state index in [1.54, 1.807) is 18.0 Å². The molecule has 100 valence electrons. The second-order valence-electron chi connectivity index (χ2n) is 4.45. The van der Waals surface area contributed by atoms with E-state index in [-0.39, 0.29) is 11.8 Å². The third-order valence-electron chi connectivity index (χ3n) is 2.74. The van der Waals surface area contributed by atoms with E-state index in [9.17, 15) is 4.79 Å². The van der Waals surface area contributed by atoms with E-state index in [0.717, 1.165) is 5.56 Å². The topological polar surface area (TPSA) is 46.3 Å². The average molecular weight is 289 g/mol. The van der Waals surface area contributed by atoms with Gasteiger partial charge in [0.25, 0.3) is 0 Å². The number of halogens is 2. The predicted octanol–water partition coefficient (Wildman–Crippen LogP) is 2.94. The number of nitrogens with zero attached hydrogens (tertiary/aromatic N) is 1. The van der Waals surface area contributed by atoms with Gasteiger partial charge in [-0.2, -0.15) is 0 Å². The number of hydrogen-bond acceptors (Lipinski definition) is 2. The normalized spacial score (nSPS) is 12.3. The summed E-state index contributed by atoms with van der Waals surface area (Å²) in [6.45, 7) is 2.90. The summed E-state index contributed by atoms with van der Waals surface area (Å²) in [5.41, 5.74) is 6.37. The minimum atomic E-state index is -0.0605. The molecule has 1 aromatic carbocycles. The Kier molecular flexibility index (Phi) is 5.93. The van der Waals surface area contributed by atoms with Crippen LogP contribution in [0.1, 0.15) is 18.9 Å². The van der Waals surface area contributed by atoms with Crippen LogP contribution in [0.25, 0.3) is 0 Å². The molecule has 0 aliphatic heterocycles. The summed E-state index contributed by atoms with van der Waals surface area (Å²) in [7, 11) is 1.77. The molecular weight excluding hydrogens is 271 g/mol. The molecule has 0 aliphatic rings. The number of amides is 1. The minimum absolute atomic E-state index is 0.0605. The number of carbonyl (C=O) groups excluding carboxylic acids is 1. The molecular formula is C13H18Cl2N2O. The van der Waals surface area contributed by atoms with Crippen molar-refractivity contribution in [2.75, 3.05) is 13.6 Å². The molecule has 0 heterocycles. The Morgan fingerprint density at radius 3 is 2.39 bits per heavy atom. The second kappa shape index (κ2) is 6.98. The zero-order chi connectivity index (χ0) is 13.7. The van der Waals surface area contributed by atoms with Gasteiger partial charge in [-0.05, 0) is 36.7 Å². The SMILES string of the molecule is CC(CCN)C(=O)N(C)Cc1cc(Cl)cc(Cl)c1. The van der Waals surface area contributed by atoms with Crippen LogP contribution < -0.4 is 5.73 Å². The van der Waals surface area contributed by atoms with Crippen LogP contribution in [0.3, 0.4) is 0 Å². The third kappa shape index (κ3) is 4.48. The van der Waals surface area contributed by atoms with Crippen LogP contribution in [0, 0.1) is 5.92 Å². The van der Waals surface area contributed by atoms with E-state index in [4.69, 9.17) is 28.9 Å². The maximum atomic E-state index is 12.0. The Hall–Kier alpha value is -0.770. The molecule has 18 heavy (non-hydrogen) atoms. The first-order valence-electron chi connectivity index (χ1n) is 5.84. The molecule has 5 heteroatoms. The zero-order valence-corrected chi connectivity index (χ0v) is 12.1. The number of nitrogens with two attached hydrogens (primary N) is 1. The summed E-state index contributed by atoms with van der Waals surface area (Å²) in [5, 5.41) is 1.15. The molecule has 0 saturated heterocycles. The molecule has 0 fully saturated rings. The van der Waals surface area contributed by atoms with Gasteiger partial charge in [0.15, 0.2) is 0 Å². The van der Waals surface area contributed by atoms with Crippen molar-refractivity contribution < 1.29 is 4.79 Å². The fourth-order valence-corrected chi connectivity index (χ4v) is 2.37. The minimum Gasteiger partial charge on any atom is -0.341 e. The van der Waals surface area contributed by atoms with Gasteiger partial charge in [0.05, 0.1) is 0 Å². The van der Waals surface area contributed by atoms with Crippen molar-refractivity contribution in [1.82, 2.24) is 4.90 Å². The lowest BCUT2D eigenvalue weighted by Crippen LogP contribution is -2.32. The van der Waals surface area contributed by atoms with E-state index < -0.39 is 0 Å². The summed E-state index contributed by atoms with van der Waals surface area (Å²) in [4.78, 5) is 13.7. The lowest BCUT2D eigenvalue weighted by atomic mass is 10.1. The Labute approximate surface area is 118 Å². The average Bonchev–Trinajstić information content (AvgIpc) is 2.26. The first-order valence-corrected chi connectivity index (χ1v) is 6.59. The molecule has 1 unspecified atom stereocenters. The van der Waals surface area contributed by atoms with Crippen LogP contribution in [0.4, 0.5) is 0 Å². The molecule has 1 amide bonds. The molecule has 2 N–H and O–H groups in total. The number of rotatable bonds is 5. The Morgan fingerprint density at radius 1 is 1.33 bits per heavy atom. The van der Waals surface area contributed by atoms with Crippen molar-refractivity contribution in [1.29, 1.82) is 0 Å². The molecule has 1 atom stereocenters. The fourth-order valence-electron chi connectivity index (χ4n) is 1.80. The molecule has 1 rings (SSSR count). The zero-order valence-electron chi connectivity index (χ0n) is 10.6. The van der Waals surface area contributed by atoms with Gasteiger partial charge in [-0.1, -0.05) is 30.1 Å². The van der Waals surface area contributed by atoms with Gasteiger partial charge in [-0.25, -0.2) is 0 Å². The van der Waals surface area contributed by atoms with Crippen LogP contribution in [0.15, 0.2) is 18.2 Å². The maximum Gasteiger partial charge on any atom is 0.225 e. The summed E-state index contributed by atoms with van der Waals surface area (Å²) in [6.07, 6.45) is 0.694. The number of carbonyl (C=O) groups is 1. The van der Waals surface area contributed by atoms with Crippen molar-refractivity contribution in [3.05, 3.63) is 33.8 Å². The van der Waals surface area contributed by atoms with Crippen molar-refractivity contribution in [3.63, 3.8) is 0 Å². The van der Waals surface area contributed by atoms with Crippen molar-refractivity contribution in [2.24, 2.45) is 11.7 Å². The fraction of sp³-hybridized carbons (Fsp3) is 0.462. The van der Waals surface area contributed by atoms with Crippen LogP contribution in [-0.4, -0.2) is 24.4 Å². The maximum absolute atomic E-state index is 12.0. The summed E-state index contributed by atoms with van der Waals surface area (Å²) < 4.78 is 0. The predicted molar refractivity (Wildman–Crippen MR) is 75.8 cm³/mol. The third-order valence-corrected chi connectivity index (χ3v) is 3.18. The van der Waals surface area contributed by atoms with E-state index in [0.29, 0.717) is 29.6 Å². The molecule has 0 saturated carbocycles. The lowest BCUT2D eigenvalue weighted by molar-refractivity contribution is -0.134. The quantitative estimate of drug-likeness (QED) is 0.906. The highest BCUT2D eigenvalue weighted by Gasteiger charge is 2.16. The molecule has 0 aromatic heterocycles. The van der Waals surface area contributed by atoms with E-state index in [2.05, 4.69) is 0 Å². The summed E-state index contributed by atoms with van der Waals surface area (Å²) >= 11 is 11.8. The molecule has 3 nitrogen and oxygen atoms in total. The standard InChI is InChI=1S/C13H18Cl2N2O/c1-9(3-4-16)13(18)17(2)8-10-5-11(14)7-12(15)6-10/h5-7,9H,3-4,8,16H2,1-2H3. The van der Waals surface area contributed by atoms with Gasteiger partial charge in [0.1, 0.15) is 0 Å². The summed E-state index contributed by atoms with van der Waals surface area (Å²) in [5.74, 6) is 0.0196. The van der Waals surface area contributed by atoms with E-state index in [1.807, 2.05) is 19.1 Å². The van der Waals surface area contributed by atoms with Crippen LogP contribution in [0.2, 0.25) is 10.0 Å². The lowest BCUT2D eigenvalue weighted by Gasteiger charge is -2.21. The van der Waals surface area contributed by atoms with Crippen molar-refractivity contribution in [2.45, 2.75) is 19.9 Å². The largest absolute Gasteiger partial charge is 0.341 e. The Morgan fingerprint density at radius 2 is 1.89 bits per heavy atom.